The summed E-state index contributed by atoms with van der Waals surface area (Å²) in [5, 5.41) is 25.9. The molecule has 79 valence electrons. The van der Waals surface area contributed by atoms with E-state index in [9.17, 15) is 14.4 Å². The molecule has 0 heterocycles. The molecule has 1 radical (unpaired) electrons. The Labute approximate surface area is 112 Å². The fraction of sp³-hybridized carbons (Fsp3) is 0. The molecule has 0 saturated carbocycles. The topological polar surface area (TPSA) is 112 Å². The molecule has 6 nitrogen and oxygen atoms in total. The SMILES string of the molecule is O=C(O)c1ccc(C(=O)O)c(C(=O)O)c1.[Na]. The van der Waals surface area contributed by atoms with Gasteiger partial charge < -0.3 is 15.3 Å². The van der Waals surface area contributed by atoms with E-state index in [2.05, 4.69) is 0 Å². The van der Waals surface area contributed by atoms with E-state index in [0.29, 0.717) is 0 Å². The van der Waals surface area contributed by atoms with Gasteiger partial charge in [0, 0.05) is 29.6 Å². The van der Waals surface area contributed by atoms with Crippen molar-refractivity contribution >= 4 is 47.5 Å². The first kappa shape index (κ1) is 14.6. The third-order valence-electron chi connectivity index (χ3n) is 1.73. The number of rotatable bonds is 3. The summed E-state index contributed by atoms with van der Waals surface area (Å²) in [5.74, 6) is -4.20. The average molecular weight is 233 g/mol. The van der Waals surface area contributed by atoms with E-state index in [1.165, 1.54) is 0 Å². The van der Waals surface area contributed by atoms with Gasteiger partial charge in [0.2, 0.25) is 0 Å². The predicted octanol–water partition coefficient (Wildman–Crippen LogP) is 0.400. The van der Waals surface area contributed by atoms with Crippen molar-refractivity contribution in [2.45, 2.75) is 0 Å². The van der Waals surface area contributed by atoms with Crippen molar-refractivity contribution in [2.24, 2.45) is 0 Å². The summed E-state index contributed by atoms with van der Waals surface area (Å²) >= 11 is 0. The fourth-order valence-corrected chi connectivity index (χ4v) is 1.04. The van der Waals surface area contributed by atoms with E-state index in [4.69, 9.17) is 15.3 Å². The van der Waals surface area contributed by atoms with Crippen LogP contribution in [0, 0.1) is 0 Å². The van der Waals surface area contributed by atoms with Crippen LogP contribution >= 0.6 is 0 Å². The van der Waals surface area contributed by atoms with Crippen LogP contribution in [0.4, 0.5) is 0 Å². The third kappa shape index (κ3) is 3.06. The predicted molar refractivity (Wildman–Crippen MR) is 53.1 cm³/mol. The Kier molecular flexibility index (Phi) is 5.16. The van der Waals surface area contributed by atoms with Gasteiger partial charge in [0.15, 0.2) is 0 Å². The van der Waals surface area contributed by atoms with Crippen LogP contribution in [0.25, 0.3) is 0 Å². The second-order valence-electron chi connectivity index (χ2n) is 2.68. The van der Waals surface area contributed by atoms with Gasteiger partial charge in [0.25, 0.3) is 0 Å². The van der Waals surface area contributed by atoms with Crippen LogP contribution < -0.4 is 0 Å². The third-order valence-corrected chi connectivity index (χ3v) is 1.73. The Morgan fingerprint density at radius 2 is 1.31 bits per heavy atom. The summed E-state index contributed by atoms with van der Waals surface area (Å²) in [4.78, 5) is 31.8. The number of carboxylic acid groups (broad SMARTS) is 3. The van der Waals surface area contributed by atoms with E-state index in [0.717, 1.165) is 18.2 Å². The van der Waals surface area contributed by atoms with Crippen LogP contribution in [0.3, 0.4) is 0 Å². The quantitative estimate of drug-likeness (QED) is 0.651. The van der Waals surface area contributed by atoms with E-state index < -0.39 is 29.0 Å². The van der Waals surface area contributed by atoms with Crippen LogP contribution in [0.15, 0.2) is 18.2 Å². The van der Waals surface area contributed by atoms with Crippen LogP contribution in [0.5, 0.6) is 0 Å². The molecular formula is C9H6NaO6. The smallest absolute Gasteiger partial charge is 0.336 e. The molecule has 0 aromatic heterocycles. The van der Waals surface area contributed by atoms with Gasteiger partial charge >= 0.3 is 17.9 Å². The molecule has 1 aromatic rings. The van der Waals surface area contributed by atoms with Gasteiger partial charge in [-0.3, -0.25) is 0 Å². The summed E-state index contributed by atoms with van der Waals surface area (Å²) < 4.78 is 0. The molecule has 0 aliphatic carbocycles. The van der Waals surface area contributed by atoms with Crippen molar-refractivity contribution < 1.29 is 29.7 Å². The van der Waals surface area contributed by atoms with E-state index in [1.807, 2.05) is 0 Å². The molecule has 1 aromatic carbocycles. The zero-order chi connectivity index (χ0) is 11.6. The number of carbonyl (C=O) groups is 3. The number of aromatic carboxylic acids is 3. The Morgan fingerprint density at radius 3 is 1.69 bits per heavy atom. The van der Waals surface area contributed by atoms with Crippen LogP contribution in [0.2, 0.25) is 0 Å². The second kappa shape index (κ2) is 5.64. The van der Waals surface area contributed by atoms with Gasteiger partial charge in [0.05, 0.1) is 16.7 Å². The minimum Gasteiger partial charge on any atom is -0.478 e. The number of hydrogen-bond acceptors (Lipinski definition) is 3. The van der Waals surface area contributed by atoms with Gasteiger partial charge in [-0.05, 0) is 18.2 Å². The summed E-state index contributed by atoms with van der Waals surface area (Å²) in [7, 11) is 0. The molecule has 0 fully saturated rings. The molecule has 7 heteroatoms. The van der Waals surface area contributed by atoms with Gasteiger partial charge in [-0.1, -0.05) is 0 Å². The molecule has 0 amide bonds. The van der Waals surface area contributed by atoms with E-state index in [-0.39, 0.29) is 35.1 Å². The molecule has 0 aliphatic rings. The first-order chi connectivity index (χ1) is 6.93. The molecule has 0 bridgehead atoms. The first-order valence-electron chi connectivity index (χ1n) is 3.77. The monoisotopic (exact) mass is 233 g/mol. The van der Waals surface area contributed by atoms with Crippen LogP contribution in [-0.2, 0) is 0 Å². The summed E-state index contributed by atoms with van der Waals surface area (Å²) in [5.41, 5.74) is -1.24. The molecule has 0 atom stereocenters. The Hall–Kier alpha value is -1.37. The van der Waals surface area contributed by atoms with Gasteiger partial charge in [-0.2, -0.15) is 0 Å². The van der Waals surface area contributed by atoms with E-state index in [1.54, 1.807) is 0 Å². The zero-order valence-electron chi connectivity index (χ0n) is 8.30. The average Bonchev–Trinajstić information content (AvgIpc) is 2.16. The Balaban J connectivity index is 0.00000225. The Bertz CT molecular complexity index is 453. The van der Waals surface area contributed by atoms with Crippen molar-refractivity contribution in [3.05, 3.63) is 34.9 Å². The number of hydrogen-bond donors (Lipinski definition) is 3. The molecule has 0 saturated heterocycles. The molecule has 0 spiro atoms. The first-order valence-corrected chi connectivity index (χ1v) is 3.77. The largest absolute Gasteiger partial charge is 0.478 e. The zero-order valence-corrected chi connectivity index (χ0v) is 10.3. The number of carboxylic acids is 3. The molecule has 3 N–H and O–H groups in total. The molecule has 1 rings (SSSR count). The van der Waals surface area contributed by atoms with Gasteiger partial charge in [-0.25, -0.2) is 14.4 Å². The summed E-state index contributed by atoms with van der Waals surface area (Å²) in [6.07, 6.45) is 0. The van der Waals surface area contributed by atoms with Crippen molar-refractivity contribution in [2.75, 3.05) is 0 Å². The van der Waals surface area contributed by atoms with Crippen LogP contribution in [-0.4, -0.2) is 62.8 Å². The molecule has 0 unspecified atom stereocenters. The number of benzene rings is 1. The van der Waals surface area contributed by atoms with Gasteiger partial charge in [0.1, 0.15) is 0 Å². The van der Waals surface area contributed by atoms with Crippen LogP contribution in [0.1, 0.15) is 31.1 Å². The van der Waals surface area contributed by atoms with Crippen molar-refractivity contribution in [3.63, 3.8) is 0 Å². The maximum absolute atomic E-state index is 10.6. The Morgan fingerprint density at radius 1 is 0.812 bits per heavy atom. The minimum absolute atomic E-state index is 0. The van der Waals surface area contributed by atoms with Gasteiger partial charge in [-0.15, -0.1) is 0 Å². The minimum atomic E-state index is -1.48. The van der Waals surface area contributed by atoms with E-state index >= 15 is 0 Å². The standard InChI is InChI=1S/C9H6O6.Na/c10-7(11)4-1-2-5(8(12)13)6(3-4)9(14)15;/h1-3H,(H,10,11)(H,12,13)(H,14,15);. The normalized spacial score (nSPS) is 9.00. The molecule has 16 heavy (non-hydrogen) atoms. The summed E-state index contributed by atoms with van der Waals surface area (Å²) in [6.45, 7) is 0. The van der Waals surface area contributed by atoms with Crippen molar-refractivity contribution in [3.8, 4) is 0 Å². The van der Waals surface area contributed by atoms with Crippen molar-refractivity contribution in [1.82, 2.24) is 0 Å². The maximum atomic E-state index is 10.6. The summed E-state index contributed by atoms with van der Waals surface area (Å²) in [6, 6.07) is 2.81. The fourth-order valence-electron chi connectivity index (χ4n) is 1.04. The maximum Gasteiger partial charge on any atom is 0.336 e. The molecule has 0 aliphatic heterocycles. The molecular weight excluding hydrogens is 227 g/mol. The second-order valence-corrected chi connectivity index (χ2v) is 2.68. The van der Waals surface area contributed by atoms with Crippen molar-refractivity contribution in [1.29, 1.82) is 0 Å².